The van der Waals surface area contributed by atoms with Crippen molar-refractivity contribution >= 4 is 37.1 Å². The van der Waals surface area contributed by atoms with Crippen LogP contribution in [0.5, 0.6) is 0 Å². The maximum atomic E-state index is 8.25. The molecule has 0 saturated carbocycles. The van der Waals surface area contributed by atoms with Crippen LogP contribution >= 0.6 is 15.8 Å². The summed E-state index contributed by atoms with van der Waals surface area (Å²) in [6.07, 6.45) is 2.41. The molecule has 37 heavy (non-hydrogen) atoms. The molecule has 0 fully saturated rings. The van der Waals surface area contributed by atoms with Gasteiger partial charge in [-0.05, 0) is 49.4 Å². The first-order valence-electron chi connectivity index (χ1n) is 10.8. The average molecular weight is 586 g/mol. The molecule has 0 atom stereocenters. The fraction of sp³-hybridized carbons (Fsp3) is 0.0769. The number of benzene rings is 4. The molecule has 8 nitrogen and oxygen atoms in total. The van der Waals surface area contributed by atoms with E-state index in [1.165, 1.54) is 33.5 Å². The molecule has 0 saturated heterocycles. The van der Waals surface area contributed by atoms with Gasteiger partial charge in [-0.25, -0.2) is 0 Å². The third-order valence-corrected chi connectivity index (χ3v) is 10.2. The molecule has 0 unspecified atom stereocenters. The van der Waals surface area contributed by atoms with Crippen LogP contribution < -0.4 is 21.2 Å². The monoisotopic (exact) mass is 585 g/mol. The van der Waals surface area contributed by atoms with Crippen LogP contribution in [0.25, 0.3) is 0 Å². The first kappa shape index (κ1) is 31.7. The quantitative estimate of drug-likeness (QED) is 0.133. The zero-order chi connectivity index (χ0) is 26.2. The second-order valence-electron chi connectivity index (χ2n) is 7.09. The van der Waals surface area contributed by atoms with Gasteiger partial charge in [0.15, 0.2) is 0 Å². The van der Waals surface area contributed by atoms with Crippen LogP contribution in [-0.4, -0.2) is 22.5 Å². The Hall–Kier alpha value is -3.34. The molecule has 4 rings (SSSR count). The van der Waals surface area contributed by atoms with Crippen LogP contribution in [0.4, 0.5) is 0 Å². The van der Waals surface area contributed by atoms with Gasteiger partial charge in [-0.15, -0.1) is 0 Å². The molecule has 0 aliphatic rings. The molecule has 1 radical (unpaired) electrons. The van der Waals surface area contributed by atoms with Crippen molar-refractivity contribution in [2.24, 2.45) is 0 Å². The van der Waals surface area contributed by atoms with Crippen molar-refractivity contribution in [1.82, 2.24) is 0 Å². The Balaban J connectivity index is 0.000000671. The summed E-state index contributed by atoms with van der Waals surface area (Å²) < 4.78 is 0. The third kappa shape index (κ3) is 12.4. The number of hydrogen-bond acceptors (Lipinski definition) is 6. The summed E-state index contributed by atoms with van der Waals surface area (Å²) in [5, 5.41) is 35.4. The van der Waals surface area contributed by atoms with Crippen LogP contribution in [0.1, 0.15) is 0 Å². The second-order valence-corrected chi connectivity index (χ2v) is 11.8. The van der Waals surface area contributed by atoms with Crippen LogP contribution in [0.2, 0.25) is 0 Å². The topological polar surface area (TPSA) is 132 Å². The van der Waals surface area contributed by atoms with Gasteiger partial charge in [0.05, 0.1) is 10.2 Å². The molecule has 195 valence electrons. The average Bonchev–Trinajstić information content (AvgIpc) is 2.88. The Bertz CT molecular complexity index is 995. The van der Waals surface area contributed by atoms with E-state index in [9.17, 15) is 0 Å². The third-order valence-electron chi connectivity index (χ3n) is 4.82. The molecule has 4 aromatic carbocycles. The Kier molecular flexibility index (Phi) is 15.4. The summed E-state index contributed by atoms with van der Waals surface area (Å²) >= 11 is 0. The van der Waals surface area contributed by atoms with E-state index < -0.39 is 10.2 Å². The van der Waals surface area contributed by atoms with E-state index in [-0.39, 0.29) is 32.9 Å². The Morgan fingerprint density at radius 1 is 0.432 bits per heavy atom. The maximum absolute atomic E-state index is 8.25. The van der Waals surface area contributed by atoms with Crippen molar-refractivity contribution in [3.05, 3.63) is 152 Å². The predicted octanol–water partition coefficient (Wildman–Crippen LogP) is 4.77. The predicted molar refractivity (Wildman–Crippen MR) is 149 cm³/mol. The molecular formula is C26H24CuN2O6P2. The zero-order valence-corrected chi connectivity index (χ0v) is 22.2. The van der Waals surface area contributed by atoms with E-state index in [0.29, 0.717) is 0 Å². The van der Waals surface area contributed by atoms with Gasteiger partial charge in [-0.3, -0.25) is 0 Å². The molecule has 0 aliphatic carbocycles. The number of rotatable bonds is 7. The normalized spacial score (nSPS) is 9.68. The summed E-state index contributed by atoms with van der Waals surface area (Å²) in [7, 11) is -0.696. The summed E-state index contributed by atoms with van der Waals surface area (Å²) in [5.74, 6) is 0. The molecule has 0 aromatic heterocycles. The first-order valence-corrected chi connectivity index (χ1v) is 13.8. The fourth-order valence-electron chi connectivity index (χ4n) is 3.45. The van der Waals surface area contributed by atoms with Gasteiger partial charge in [-0.1, -0.05) is 121 Å². The number of nitrogens with zero attached hydrogens (tertiary/aromatic N) is 2. The Labute approximate surface area is 228 Å². The Morgan fingerprint density at radius 2 is 0.595 bits per heavy atom. The van der Waals surface area contributed by atoms with Crippen LogP contribution in [0.3, 0.4) is 0 Å². The molecule has 0 aliphatic heterocycles. The van der Waals surface area contributed by atoms with Crippen molar-refractivity contribution in [2.75, 3.05) is 12.3 Å². The van der Waals surface area contributed by atoms with E-state index in [1.807, 2.05) is 0 Å². The fourth-order valence-corrected chi connectivity index (χ4v) is 8.80. The molecule has 11 heteroatoms. The van der Waals surface area contributed by atoms with Crippen LogP contribution in [0.15, 0.2) is 121 Å². The SMILES string of the molecule is O=[N+]([O-])[O-].O=[N+]([O-])[O-].[Cu+2].c1ccc(P(CCP(c2ccccc2)c2ccccc2)c2ccccc2)cc1. The van der Waals surface area contributed by atoms with Crippen molar-refractivity contribution in [1.29, 1.82) is 0 Å². The van der Waals surface area contributed by atoms with Crippen LogP contribution in [0, 0.1) is 30.6 Å². The molecule has 0 spiro atoms. The Morgan fingerprint density at radius 3 is 0.757 bits per heavy atom. The summed E-state index contributed by atoms with van der Waals surface area (Å²) in [5.41, 5.74) is 0. The van der Waals surface area contributed by atoms with Crippen molar-refractivity contribution < 1.29 is 27.2 Å². The van der Waals surface area contributed by atoms with E-state index in [4.69, 9.17) is 30.6 Å². The minimum absolute atomic E-state index is 0. The summed E-state index contributed by atoms with van der Waals surface area (Å²) in [6, 6.07) is 44.2. The first-order chi connectivity index (χ1) is 17.4. The molecule has 0 amide bonds. The van der Waals surface area contributed by atoms with Crippen LogP contribution in [-0.2, 0) is 17.1 Å². The zero-order valence-electron chi connectivity index (χ0n) is 19.5. The minimum atomic E-state index is -1.75. The smallest absolute Gasteiger partial charge is 0.356 e. The summed E-state index contributed by atoms with van der Waals surface area (Å²) in [4.78, 5) is 16.5. The molecular weight excluding hydrogens is 562 g/mol. The standard InChI is InChI=1S/C26H24P2.Cu.2NO3/c1-5-13-23(14-6-1)27(24-15-7-2-8-16-24)21-22-28(25-17-9-3-10-18-25)26-19-11-4-12-20-26;;2*2-1(3)4/h1-20H,21-22H2;;;/q;+2;2*-1. The maximum Gasteiger partial charge on any atom is 2.00 e. The van der Waals surface area contributed by atoms with Gasteiger partial charge < -0.3 is 30.6 Å². The summed E-state index contributed by atoms with van der Waals surface area (Å²) in [6.45, 7) is 0. The molecule has 0 N–H and O–H groups in total. The molecule has 0 bridgehead atoms. The second kappa shape index (κ2) is 18.0. The molecule has 0 heterocycles. The van der Waals surface area contributed by atoms with Gasteiger partial charge in [0, 0.05) is 0 Å². The van der Waals surface area contributed by atoms with Gasteiger partial charge in [0.1, 0.15) is 0 Å². The van der Waals surface area contributed by atoms with Gasteiger partial charge in [-0.2, -0.15) is 0 Å². The van der Waals surface area contributed by atoms with Crippen molar-refractivity contribution in [3.63, 3.8) is 0 Å². The number of hydrogen-bond donors (Lipinski definition) is 0. The van der Waals surface area contributed by atoms with Gasteiger partial charge >= 0.3 is 17.1 Å². The van der Waals surface area contributed by atoms with Gasteiger partial charge in [0.25, 0.3) is 0 Å². The van der Waals surface area contributed by atoms with E-state index in [2.05, 4.69) is 121 Å². The van der Waals surface area contributed by atoms with Crippen molar-refractivity contribution in [3.8, 4) is 0 Å². The van der Waals surface area contributed by atoms with E-state index in [1.54, 1.807) is 0 Å². The largest absolute Gasteiger partial charge is 2.00 e. The van der Waals surface area contributed by atoms with Gasteiger partial charge in [0.2, 0.25) is 0 Å². The minimum Gasteiger partial charge on any atom is -0.356 e. The molecule has 4 aromatic rings. The van der Waals surface area contributed by atoms with E-state index in [0.717, 1.165) is 0 Å². The van der Waals surface area contributed by atoms with Crippen molar-refractivity contribution in [2.45, 2.75) is 0 Å². The van der Waals surface area contributed by atoms with E-state index >= 15 is 0 Å².